The van der Waals surface area contributed by atoms with Gasteiger partial charge in [-0.15, -0.1) is 0 Å². The second-order valence-electron chi connectivity index (χ2n) is 2.71. The third kappa shape index (κ3) is 0.367. The fraction of sp³-hybridized carbons (Fsp3) is 1.00. The van der Waals surface area contributed by atoms with Gasteiger partial charge >= 0.3 is 0 Å². The highest BCUT2D eigenvalue weighted by Gasteiger charge is 2.42. The van der Waals surface area contributed by atoms with E-state index in [9.17, 15) is 0 Å². The normalized spacial score (nSPS) is 34.3. The lowest BCUT2D eigenvalue weighted by Gasteiger charge is -2.48. The molecular weight excluding hydrogens is 86.1 g/mol. The molecule has 1 nitrogen and oxygen atoms in total. The summed E-state index contributed by atoms with van der Waals surface area (Å²) in [4.78, 5) is 0. The molecule has 0 unspecified atom stereocenters. The SMILES string of the molecule is C1CC2(C1)CC[N]2. The van der Waals surface area contributed by atoms with Crippen molar-refractivity contribution >= 4 is 0 Å². The van der Waals surface area contributed by atoms with Gasteiger partial charge in [-0.25, -0.2) is 5.32 Å². The molecule has 1 radical (unpaired) electrons. The molecule has 2 aliphatic rings. The molecule has 0 bridgehead atoms. The van der Waals surface area contributed by atoms with Gasteiger partial charge in [-0.05, 0) is 25.7 Å². The molecule has 0 aromatic carbocycles. The summed E-state index contributed by atoms with van der Waals surface area (Å²) in [5, 5.41) is 4.41. The Morgan fingerprint density at radius 2 is 1.86 bits per heavy atom. The minimum Gasteiger partial charge on any atom is -0.235 e. The van der Waals surface area contributed by atoms with Crippen LogP contribution in [0.4, 0.5) is 0 Å². The summed E-state index contributed by atoms with van der Waals surface area (Å²) in [5.74, 6) is 0. The molecule has 0 atom stereocenters. The maximum Gasteiger partial charge on any atom is 0.0369 e. The van der Waals surface area contributed by atoms with E-state index >= 15 is 0 Å². The van der Waals surface area contributed by atoms with E-state index in [0.29, 0.717) is 5.54 Å². The molecule has 1 aliphatic heterocycles. The number of hydrogen-bond donors (Lipinski definition) is 0. The first-order valence-corrected chi connectivity index (χ1v) is 3.10. The monoisotopic (exact) mass is 96.1 g/mol. The molecule has 1 heteroatoms. The van der Waals surface area contributed by atoms with Crippen LogP contribution in [-0.4, -0.2) is 12.1 Å². The van der Waals surface area contributed by atoms with Crippen LogP contribution in [0.3, 0.4) is 0 Å². The lowest BCUT2D eigenvalue weighted by Crippen LogP contribution is -2.56. The van der Waals surface area contributed by atoms with E-state index in [0.717, 1.165) is 6.54 Å². The predicted molar refractivity (Wildman–Crippen MR) is 28.2 cm³/mol. The van der Waals surface area contributed by atoms with Crippen LogP contribution in [0.2, 0.25) is 0 Å². The minimum atomic E-state index is 0.569. The lowest BCUT2D eigenvalue weighted by atomic mass is 9.70. The molecule has 7 heavy (non-hydrogen) atoms. The van der Waals surface area contributed by atoms with E-state index in [1.165, 1.54) is 25.7 Å². The Labute approximate surface area is 44.1 Å². The zero-order valence-corrected chi connectivity index (χ0v) is 4.48. The number of nitrogens with zero attached hydrogens (tertiary/aromatic N) is 1. The van der Waals surface area contributed by atoms with Gasteiger partial charge in [0.05, 0.1) is 0 Å². The molecule has 1 spiro atoms. The first-order chi connectivity index (χ1) is 3.41. The predicted octanol–water partition coefficient (Wildman–Crippen LogP) is 0.917. The van der Waals surface area contributed by atoms with Crippen molar-refractivity contribution in [2.75, 3.05) is 6.54 Å². The van der Waals surface area contributed by atoms with Crippen molar-refractivity contribution in [1.82, 2.24) is 5.32 Å². The van der Waals surface area contributed by atoms with E-state index in [4.69, 9.17) is 0 Å². The van der Waals surface area contributed by atoms with Crippen molar-refractivity contribution in [2.45, 2.75) is 31.2 Å². The van der Waals surface area contributed by atoms with Crippen LogP contribution in [-0.2, 0) is 0 Å². The summed E-state index contributed by atoms with van der Waals surface area (Å²) in [6.45, 7) is 1.15. The summed E-state index contributed by atoms with van der Waals surface area (Å²) < 4.78 is 0. The first-order valence-electron chi connectivity index (χ1n) is 3.10. The Morgan fingerprint density at radius 1 is 1.14 bits per heavy atom. The third-order valence-corrected chi connectivity index (χ3v) is 2.31. The van der Waals surface area contributed by atoms with Gasteiger partial charge in [0.2, 0.25) is 0 Å². The molecule has 0 aromatic heterocycles. The molecule has 1 aliphatic carbocycles. The van der Waals surface area contributed by atoms with E-state index in [1.807, 2.05) is 0 Å². The lowest BCUT2D eigenvalue weighted by molar-refractivity contribution is 0.0948. The van der Waals surface area contributed by atoms with Crippen molar-refractivity contribution in [3.63, 3.8) is 0 Å². The van der Waals surface area contributed by atoms with Crippen molar-refractivity contribution in [3.8, 4) is 0 Å². The second-order valence-corrected chi connectivity index (χ2v) is 2.71. The van der Waals surface area contributed by atoms with Gasteiger partial charge in [-0.2, -0.15) is 0 Å². The van der Waals surface area contributed by atoms with Crippen molar-refractivity contribution in [2.24, 2.45) is 0 Å². The molecular formula is C6H10N. The number of rotatable bonds is 0. The van der Waals surface area contributed by atoms with Gasteiger partial charge in [0.1, 0.15) is 0 Å². The maximum absolute atomic E-state index is 4.41. The van der Waals surface area contributed by atoms with Gasteiger partial charge in [0.15, 0.2) is 0 Å². The quantitative estimate of drug-likeness (QED) is 0.425. The molecule has 0 aromatic rings. The molecule has 0 N–H and O–H groups in total. The Morgan fingerprint density at radius 3 is 1.86 bits per heavy atom. The van der Waals surface area contributed by atoms with Gasteiger partial charge in [-0.1, -0.05) is 0 Å². The second kappa shape index (κ2) is 1.03. The smallest absolute Gasteiger partial charge is 0.0369 e. The first kappa shape index (κ1) is 3.90. The van der Waals surface area contributed by atoms with Crippen LogP contribution in [0, 0.1) is 0 Å². The van der Waals surface area contributed by atoms with Gasteiger partial charge in [-0.3, -0.25) is 0 Å². The fourth-order valence-electron chi connectivity index (χ4n) is 1.42. The zero-order chi connectivity index (χ0) is 4.74. The van der Waals surface area contributed by atoms with Crippen LogP contribution < -0.4 is 5.32 Å². The minimum absolute atomic E-state index is 0.569. The van der Waals surface area contributed by atoms with Crippen molar-refractivity contribution in [3.05, 3.63) is 0 Å². The summed E-state index contributed by atoms with van der Waals surface area (Å²) in [6, 6.07) is 0. The Bertz CT molecular complexity index is 64.7. The van der Waals surface area contributed by atoms with Crippen LogP contribution in [0.5, 0.6) is 0 Å². The highest BCUT2D eigenvalue weighted by Crippen LogP contribution is 2.40. The molecule has 1 saturated heterocycles. The summed E-state index contributed by atoms with van der Waals surface area (Å²) in [5.41, 5.74) is 0.569. The topological polar surface area (TPSA) is 14.1 Å². The van der Waals surface area contributed by atoms with Gasteiger partial charge < -0.3 is 0 Å². The van der Waals surface area contributed by atoms with Crippen LogP contribution >= 0.6 is 0 Å². The molecule has 1 heterocycles. The van der Waals surface area contributed by atoms with E-state index in [-0.39, 0.29) is 0 Å². The van der Waals surface area contributed by atoms with Gasteiger partial charge in [0, 0.05) is 12.1 Å². The highest BCUT2D eigenvalue weighted by atomic mass is 15.1. The average Bonchev–Trinajstić information content (AvgIpc) is 1.20. The van der Waals surface area contributed by atoms with Crippen molar-refractivity contribution in [1.29, 1.82) is 0 Å². The molecule has 2 rings (SSSR count). The summed E-state index contributed by atoms with van der Waals surface area (Å²) in [6.07, 6.45) is 5.62. The third-order valence-electron chi connectivity index (χ3n) is 2.31. The van der Waals surface area contributed by atoms with E-state index in [2.05, 4.69) is 5.32 Å². The molecule has 0 amide bonds. The molecule has 2 fully saturated rings. The maximum atomic E-state index is 4.41. The number of hydrogen-bond acceptors (Lipinski definition) is 0. The van der Waals surface area contributed by atoms with Crippen LogP contribution in [0.15, 0.2) is 0 Å². The standard InChI is InChI=1S/C6H10N/c1-2-6(3-1)4-5-7-6/h1-5H2. The Balaban J connectivity index is 2.00. The van der Waals surface area contributed by atoms with E-state index < -0.39 is 0 Å². The fourth-order valence-corrected chi connectivity index (χ4v) is 1.42. The molecule has 39 valence electrons. The van der Waals surface area contributed by atoms with Crippen molar-refractivity contribution < 1.29 is 0 Å². The zero-order valence-electron chi connectivity index (χ0n) is 4.48. The Kier molecular flexibility index (Phi) is 0.571. The van der Waals surface area contributed by atoms with Crippen LogP contribution in [0.1, 0.15) is 25.7 Å². The average molecular weight is 96.2 g/mol. The summed E-state index contributed by atoms with van der Waals surface area (Å²) in [7, 11) is 0. The summed E-state index contributed by atoms with van der Waals surface area (Å²) >= 11 is 0. The van der Waals surface area contributed by atoms with E-state index in [1.54, 1.807) is 0 Å². The van der Waals surface area contributed by atoms with Crippen LogP contribution in [0.25, 0.3) is 0 Å². The highest BCUT2D eigenvalue weighted by molar-refractivity contribution is 5.02. The molecule has 1 saturated carbocycles. The Hall–Kier alpha value is -0.0400. The van der Waals surface area contributed by atoms with Gasteiger partial charge in [0.25, 0.3) is 0 Å². The largest absolute Gasteiger partial charge is 0.235 e.